The standard InChI is InChI=1S/C23H26O2/c1-3-4-5-9-12-20(14-13-19-10-7-6-8-11-19)21-15-17-22(18-16-21)23(24)25-2/h6-8,10-11,13,15-18H,3-5,9,12H2,1-2H3. The third-order valence-corrected chi connectivity index (χ3v) is 4.15. The first-order valence-corrected chi connectivity index (χ1v) is 8.94. The van der Waals surface area contributed by atoms with Crippen LogP contribution in [-0.4, -0.2) is 13.1 Å². The average molecular weight is 334 g/mol. The third kappa shape index (κ3) is 6.10. The maximum absolute atomic E-state index is 11.6. The minimum atomic E-state index is -0.306. The Kier molecular flexibility index (Phi) is 7.75. The van der Waals surface area contributed by atoms with Gasteiger partial charge >= 0.3 is 5.97 Å². The first kappa shape index (κ1) is 18.8. The zero-order chi connectivity index (χ0) is 17.9. The van der Waals surface area contributed by atoms with Gasteiger partial charge in [-0.15, -0.1) is 5.73 Å². The molecular weight excluding hydrogens is 308 g/mol. The van der Waals surface area contributed by atoms with E-state index >= 15 is 0 Å². The summed E-state index contributed by atoms with van der Waals surface area (Å²) in [5.41, 5.74) is 7.46. The smallest absolute Gasteiger partial charge is 0.337 e. The van der Waals surface area contributed by atoms with Crippen LogP contribution in [0.3, 0.4) is 0 Å². The van der Waals surface area contributed by atoms with E-state index in [0.717, 1.165) is 24.0 Å². The predicted octanol–water partition coefficient (Wildman–Crippen LogP) is 6.14. The number of esters is 1. The fourth-order valence-electron chi connectivity index (χ4n) is 2.67. The molecule has 2 aromatic carbocycles. The molecule has 130 valence electrons. The van der Waals surface area contributed by atoms with Crippen molar-refractivity contribution in [2.75, 3.05) is 7.11 Å². The Hall–Kier alpha value is -2.57. The summed E-state index contributed by atoms with van der Waals surface area (Å²) in [7, 11) is 1.40. The van der Waals surface area contributed by atoms with Gasteiger partial charge in [-0.2, -0.15) is 0 Å². The molecule has 0 spiro atoms. The van der Waals surface area contributed by atoms with Crippen molar-refractivity contribution >= 4 is 17.6 Å². The number of carbonyl (C=O) groups excluding carboxylic acids is 1. The second kappa shape index (κ2) is 10.3. The molecule has 0 heterocycles. The first-order valence-electron chi connectivity index (χ1n) is 8.94. The second-order valence-corrected chi connectivity index (χ2v) is 6.06. The lowest BCUT2D eigenvalue weighted by atomic mass is 9.98. The number of carbonyl (C=O) groups is 1. The van der Waals surface area contributed by atoms with Gasteiger partial charge in [-0.25, -0.2) is 4.79 Å². The number of unbranched alkanes of at least 4 members (excludes halogenated alkanes) is 3. The van der Waals surface area contributed by atoms with Crippen LogP contribution in [0.2, 0.25) is 0 Å². The number of hydrogen-bond donors (Lipinski definition) is 0. The molecule has 25 heavy (non-hydrogen) atoms. The van der Waals surface area contributed by atoms with Gasteiger partial charge in [0.05, 0.1) is 12.7 Å². The number of hydrogen-bond acceptors (Lipinski definition) is 2. The van der Waals surface area contributed by atoms with Crippen molar-refractivity contribution in [3.63, 3.8) is 0 Å². The van der Waals surface area contributed by atoms with E-state index in [1.54, 1.807) is 0 Å². The molecule has 0 amide bonds. The van der Waals surface area contributed by atoms with E-state index in [-0.39, 0.29) is 5.97 Å². The third-order valence-electron chi connectivity index (χ3n) is 4.15. The number of methoxy groups -OCH3 is 1. The fourth-order valence-corrected chi connectivity index (χ4v) is 2.67. The topological polar surface area (TPSA) is 26.3 Å². The van der Waals surface area contributed by atoms with Gasteiger partial charge < -0.3 is 4.74 Å². The largest absolute Gasteiger partial charge is 0.465 e. The van der Waals surface area contributed by atoms with Gasteiger partial charge in [0, 0.05) is 5.57 Å². The van der Waals surface area contributed by atoms with Crippen LogP contribution >= 0.6 is 0 Å². The summed E-state index contributed by atoms with van der Waals surface area (Å²) < 4.78 is 4.77. The van der Waals surface area contributed by atoms with E-state index in [1.807, 2.05) is 48.5 Å². The molecule has 2 nitrogen and oxygen atoms in total. The summed E-state index contributed by atoms with van der Waals surface area (Å²) in [4.78, 5) is 11.6. The Morgan fingerprint density at radius 1 is 0.960 bits per heavy atom. The molecule has 0 aliphatic rings. The van der Waals surface area contributed by atoms with Gasteiger partial charge in [-0.1, -0.05) is 68.7 Å². The summed E-state index contributed by atoms with van der Waals surface area (Å²) in [6.07, 6.45) is 7.89. The Bertz CT molecular complexity index is 720. The maximum atomic E-state index is 11.6. The minimum Gasteiger partial charge on any atom is -0.465 e. The summed E-state index contributed by atoms with van der Waals surface area (Å²) in [5, 5.41) is 0. The van der Waals surface area contributed by atoms with Crippen LogP contribution in [0.15, 0.2) is 60.3 Å². The normalized spacial score (nSPS) is 10.0. The highest BCUT2D eigenvalue weighted by atomic mass is 16.5. The molecule has 0 radical (unpaired) electrons. The number of benzene rings is 2. The van der Waals surface area contributed by atoms with E-state index in [1.165, 1.54) is 31.9 Å². The molecule has 0 fully saturated rings. The maximum Gasteiger partial charge on any atom is 0.337 e. The zero-order valence-electron chi connectivity index (χ0n) is 15.1. The lowest BCUT2D eigenvalue weighted by molar-refractivity contribution is 0.0600. The number of ether oxygens (including phenoxy) is 1. The first-order chi connectivity index (χ1) is 12.2. The zero-order valence-corrected chi connectivity index (χ0v) is 15.1. The van der Waals surface area contributed by atoms with Gasteiger partial charge in [0.15, 0.2) is 0 Å². The van der Waals surface area contributed by atoms with Crippen molar-refractivity contribution in [2.45, 2.75) is 39.0 Å². The van der Waals surface area contributed by atoms with Gasteiger partial charge in [-0.3, -0.25) is 0 Å². The van der Waals surface area contributed by atoms with Crippen LogP contribution in [0.25, 0.3) is 11.6 Å². The fraction of sp³-hybridized carbons (Fsp3) is 0.304. The lowest BCUT2D eigenvalue weighted by Gasteiger charge is -2.07. The van der Waals surface area contributed by atoms with E-state index in [0.29, 0.717) is 5.56 Å². The summed E-state index contributed by atoms with van der Waals surface area (Å²) in [5.74, 6) is -0.306. The summed E-state index contributed by atoms with van der Waals surface area (Å²) in [6, 6.07) is 17.8. The van der Waals surface area contributed by atoms with Crippen molar-refractivity contribution in [2.24, 2.45) is 0 Å². The van der Waals surface area contributed by atoms with E-state index in [2.05, 4.69) is 24.8 Å². The van der Waals surface area contributed by atoms with E-state index in [4.69, 9.17) is 4.74 Å². The molecule has 0 aromatic heterocycles. The molecule has 0 aliphatic heterocycles. The van der Waals surface area contributed by atoms with Crippen LogP contribution in [-0.2, 0) is 4.74 Å². The molecule has 2 rings (SSSR count). The Morgan fingerprint density at radius 2 is 1.64 bits per heavy atom. The van der Waals surface area contributed by atoms with Gasteiger partial charge in [-0.05, 0) is 42.2 Å². The van der Waals surface area contributed by atoms with Crippen LogP contribution in [0.5, 0.6) is 0 Å². The molecule has 2 aromatic rings. The van der Waals surface area contributed by atoms with Crippen LogP contribution in [0.4, 0.5) is 0 Å². The molecule has 0 unspecified atom stereocenters. The summed E-state index contributed by atoms with van der Waals surface area (Å²) >= 11 is 0. The molecule has 2 heteroatoms. The van der Waals surface area contributed by atoms with Gasteiger partial charge in [0.25, 0.3) is 0 Å². The SMILES string of the molecule is CCCCCCC(=C=Cc1ccccc1)c1ccc(C(=O)OC)cc1. The number of rotatable bonds is 8. The molecular formula is C23H26O2. The monoisotopic (exact) mass is 334 g/mol. The molecule has 0 bridgehead atoms. The van der Waals surface area contributed by atoms with Gasteiger partial charge in [0.1, 0.15) is 0 Å². The highest BCUT2D eigenvalue weighted by Gasteiger charge is 2.06. The summed E-state index contributed by atoms with van der Waals surface area (Å²) in [6.45, 7) is 2.22. The molecule has 0 N–H and O–H groups in total. The van der Waals surface area contributed by atoms with E-state index in [9.17, 15) is 4.79 Å². The van der Waals surface area contributed by atoms with Crippen LogP contribution in [0, 0.1) is 0 Å². The Morgan fingerprint density at radius 3 is 2.28 bits per heavy atom. The van der Waals surface area contributed by atoms with E-state index < -0.39 is 0 Å². The quantitative estimate of drug-likeness (QED) is 0.329. The second-order valence-electron chi connectivity index (χ2n) is 6.06. The molecule has 0 aliphatic carbocycles. The Labute approximate surface area is 150 Å². The predicted molar refractivity (Wildman–Crippen MR) is 104 cm³/mol. The Balaban J connectivity index is 2.24. The van der Waals surface area contributed by atoms with Crippen LogP contribution < -0.4 is 0 Å². The number of allylic oxidation sites excluding steroid dienone is 1. The average Bonchev–Trinajstić information content (AvgIpc) is 2.68. The van der Waals surface area contributed by atoms with Crippen molar-refractivity contribution in [3.05, 3.63) is 77.0 Å². The highest BCUT2D eigenvalue weighted by molar-refractivity contribution is 5.89. The molecule has 0 atom stereocenters. The van der Waals surface area contributed by atoms with Crippen molar-refractivity contribution in [1.29, 1.82) is 0 Å². The highest BCUT2D eigenvalue weighted by Crippen LogP contribution is 2.22. The lowest BCUT2D eigenvalue weighted by Crippen LogP contribution is -2.00. The van der Waals surface area contributed by atoms with Crippen molar-refractivity contribution in [1.82, 2.24) is 0 Å². The minimum absolute atomic E-state index is 0.306. The van der Waals surface area contributed by atoms with Gasteiger partial charge in [0.2, 0.25) is 0 Å². The molecule has 0 saturated carbocycles. The van der Waals surface area contributed by atoms with Crippen molar-refractivity contribution < 1.29 is 9.53 Å². The van der Waals surface area contributed by atoms with Crippen molar-refractivity contribution in [3.8, 4) is 0 Å². The van der Waals surface area contributed by atoms with Crippen LogP contribution in [0.1, 0.15) is 60.5 Å². The molecule has 0 saturated heterocycles.